The van der Waals surface area contributed by atoms with Gasteiger partial charge in [-0.25, -0.2) is 8.78 Å². The molecule has 1 atom stereocenters. The molecule has 106 valence electrons. The molecule has 2 rings (SSSR count). The fraction of sp³-hybridized carbons (Fsp3) is 0.294. The average Bonchev–Trinajstić information content (AvgIpc) is 2.43. The van der Waals surface area contributed by atoms with E-state index in [1.165, 1.54) is 11.6 Å². The van der Waals surface area contributed by atoms with E-state index in [4.69, 9.17) is 0 Å². The molecule has 0 bridgehead atoms. The zero-order chi connectivity index (χ0) is 14.5. The van der Waals surface area contributed by atoms with Gasteiger partial charge in [0.15, 0.2) is 11.6 Å². The smallest absolute Gasteiger partial charge is 0.159 e. The fourth-order valence-corrected chi connectivity index (χ4v) is 2.28. The molecule has 0 aromatic heterocycles. The van der Waals surface area contributed by atoms with E-state index in [-0.39, 0.29) is 0 Å². The lowest BCUT2D eigenvalue weighted by Crippen LogP contribution is -2.27. The molecule has 1 nitrogen and oxygen atoms in total. The molecule has 1 unspecified atom stereocenters. The van der Waals surface area contributed by atoms with Gasteiger partial charge in [0.25, 0.3) is 0 Å². The monoisotopic (exact) mass is 275 g/mol. The largest absolute Gasteiger partial charge is 0.314 e. The van der Waals surface area contributed by atoms with Gasteiger partial charge in [-0.1, -0.05) is 37.3 Å². The van der Waals surface area contributed by atoms with Crippen molar-refractivity contribution < 1.29 is 8.78 Å². The van der Waals surface area contributed by atoms with Crippen molar-refractivity contribution in [2.75, 3.05) is 6.54 Å². The first-order valence-electron chi connectivity index (χ1n) is 6.88. The molecule has 2 aromatic carbocycles. The summed E-state index contributed by atoms with van der Waals surface area (Å²) in [6, 6.07) is 12.4. The molecule has 0 aliphatic carbocycles. The summed E-state index contributed by atoms with van der Waals surface area (Å²) in [5.74, 6) is -1.63. The molecule has 0 aliphatic rings. The first kappa shape index (κ1) is 14.7. The van der Waals surface area contributed by atoms with E-state index in [2.05, 4.69) is 19.2 Å². The number of halogens is 2. The van der Waals surface area contributed by atoms with Crippen molar-refractivity contribution in [3.63, 3.8) is 0 Å². The van der Waals surface area contributed by atoms with Crippen molar-refractivity contribution in [2.45, 2.75) is 26.3 Å². The number of hydrogen-bond donors (Lipinski definition) is 1. The topological polar surface area (TPSA) is 12.0 Å². The summed E-state index contributed by atoms with van der Waals surface area (Å²) < 4.78 is 26.1. The van der Waals surface area contributed by atoms with Gasteiger partial charge in [-0.3, -0.25) is 0 Å². The minimum atomic E-state index is -0.815. The second kappa shape index (κ2) is 6.62. The molecular formula is C17H19F2N. The molecule has 0 saturated carbocycles. The van der Waals surface area contributed by atoms with Crippen molar-refractivity contribution in [1.29, 1.82) is 0 Å². The van der Waals surface area contributed by atoms with E-state index in [0.29, 0.717) is 11.6 Å². The van der Waals surface area contributed by atoms with Crippen molar-refractivity contribution >= 4 is 0 Å². The van der Waals surface area contributed by atoms with Crippen LogP contribution in [-0.2, 0) is 6.42 Å². The third kappa shape index (κ3) is 3.64. The molecule has 0 radical (unpaired) electrons. The Bertz CT molecular complexity index is 564. The Kier molecular flexibility index (Phi) is 4.85. The predicted octanol–water partition coefficient (Wildman–Crippen LogP) is 4.17. The third-order valence-electron chi connectivity index (χ3n) is 3.30. The maximum atomic E-state index is 13.2. The van der Waals surface area contributed by atoms with Crippen LogP contribution >= 0.6 is 0 Å². The Balaban J connectivity index is 2.13. The second-order valence-corrected chi connectivity index (χ2v) is 4.99. The Hall–Kier alpha value is -1.74. The first-order valence-corrected chi connectivity index (χ1v) is 6.88. The zero-order valence-electron chi connectivity index (χ0n) is 11.8. The number of rotatable bonds is 5. The van der Waals surface area contributed by atoms with E-state index < -0.39 is 11.6 Å². The minimum absolute atomic E-state index is 0.425. The van der Waals surface area contributed by atoms with Gasteiger partial charge in [0.2, 0.25) is 0 Å². The van der Waals surface area contributed by atoms with Crippen LogP contribution in [0.2, 0.25) is 0 Å². The molecule has 0 amide bonds. The molecule has 0 fully saturated rings. The van der Waals surface area contributed by atoms with Crippen LogP contribution in [0.3, 0.4) is 0 Å². The molecule has 0 saturated heterocycles. The maximum Gasteiger partial charge on any atom is 0.159 e. The minimum Gasteiger partial charge on any atom is -0.314 e. The number of likely N-dealkylation sites (N-methyl/N-ethyl adjacent to an activating group) is 1. The number of nitrogens with one attached hydrogen (secondary N) is 1. The van der Waals surface area contributed by atoms with Crippen LogP contribution in [0.5, 0.6) is 0 Å². The van der Waals surface area contributed by atoms with E-state index >= 15 is 0 Å². The van der Waals surface area contributed by atoms with Gasteiger partial charge in [0.05, 0.1) is 0 Å². The van der Waals surface area contributed by atoms with Crippen LogP contribution in [-0.4, -0.2) is 12.6 Å². The Morgan fingerprint density at radius 2 is 1.60 bits per heavy atom. The number of hydrogen-bond acceptors (Lipinski definition) is 1. The fourth-order valence-electron chi connectivity index (χ4n) is 2.28. The lowest BCUT2D eigenvalue weighted by Gasteiger charge is -2.12. The normalized spacial score (nSPS) is 12.4. The molecule has 0 heterocycles. The standard InChI is InChI=1S/C17H19F2N/c1-3-20-12(2)10-13-4-6-14(7-5-13)15-8-9-16(18)17(19)11-15/h4-9,11-12,20H,3,10H2,1-2H3. The summed E-state index contributed by atoms with van der Waals surface area (Å²) in [6.07, 6.45) is 0.950. The highest BCUT2D eigenvalue weighted by Crippen LogP contribution is 2.22. The Morgan fingerprint density at radius 3 is 2.20 bits per heavy atom. The summed E-state index contributed by atoms with van der Waals surface area (Å²) in [6.45, 7) is 5.18. The van der Waals surface area contributed by atoms with Crippen molar-refractivity contribution in [1.82, 2.24) is 5.32 Å². The summed E-state index contributed by atoms with van der Waals surface area (Å²) in [4.78, 5) is 0. The summed E-state index contributed by atoms with van der Waals surface area (Å²) in [5, 5.41) is 3.36. The molecule has 0 spiro atoms. The van der Waals surface area contributed by atoms with E-state index in [1.807, 2.05) is 24.3 Å². The summed E-state index contributed by atoms with van der Waals surface area (Å²) in [5.41, 5.74) is 2.81. The molecule has 1 N–H and O–H groups in total. The predicted molar refractivity (Wildman–Crippen MR) is 78.6 cm³/mol. The lowest BCUT2D eigenvalue weighted by molar-refractivity contribution is 0.509. The van der Waals surface area contributed by atoms with Gasteiger partial charge in [-0.15, -0.1) is 0 Å². The van der Waals surface area contributed by atoms with Crippen molar-refractivity contribution in [3.05, 3.63) is 59.7 Å². The van der Waals surface area contributed by atoms with Gasteiger partial charge in [0, 0.05) is 6.04 Å². The van der Waals surface area contributed by atoms with E-state index in [9.17, 15) is 8.78 Å². The summed E-state index contributed by atoms with van der Waals surface area (Å²) in [7, 11) is 0. The molecule has 20 heavy (non-hydrogen) atoms. The van der Waals surface area contributed by atoms with E-state index in [1.54, 1.807) is 6.07 Å². The van der Waals surface area contributed by atoms with Crippen LogP contribution in [0, 0.1) is 11.6 Å². The van der Waals surface area contributed by atoms with E-state index in [0.717, 1.165) is 24.6 Å². The summed E-state index contributed by atoms with van der Waals surface area (Å²) >= 11 is 0. The molecule has 0 aliphatic heterocycles. The Morgan fingerprint density at radius 1 is 0.950 bits per heavy atom. The van der Waals surface area contributed by atoms with Gasteiger partial charge in [0.1, 0.15) is 0 Å². The number of benzene rings is 2. The SMILES string of the molecule is CCNC(C)Cc1ccc(-c2ccc(F)c(F)c2)cc1. The highest BCUT2D eigenvalue weighted by atomic mass is 19.2. The third-order valence-corrected chi connectivity index (χ3v) is 3.30. The van der Waals surface area contributed by atoms with Gasteiger partial charge in [-0.05, 0) is 48.7 Å². The highest BCUT2D eigenvalue weighted by Gasteiger charge is 2.06. The van der Waals surface area contributed by atoms with Crippen LogP contribution < -0.4 is 5.32 Å². The highest BCUT2D eigenvalue weighted by molar-refractivity contribution is 5.63. The van der Waals surface area contributed by atoms with Crippen LogP contribution in [0.1, 0.15) is 19.4 Å². The second-order valence-electron chi connectivity index (χ2n) is 4.99. The Labute approximate surface area is 118 Å². The first-order chi connectivity index (χ1) is 9.60. The molecule has 3 heteroatoms. The van der Waals surface area contributed by atoms with Gasteiger partial charge >= 0.3 is 0 Å². The average molecular weight is 275 g/mol. The van der Waals surface area contributed by atoms with Gasteiger partial charge in [-0.2, -0.15) is 0 Å². The maximum absolute atomic E-state index is 13.2. The lowest BCUT2D eigenvalue weighted by atomic mass is 10.0. The van der Waals surface area contributed by atoms with Gasteiger partial charge < -0.3 is 5.32 Å². The molecular weight excluding hydrogens is 256 g/mol. The van der Waals surface area contributed by atoms with Crippen LogP contribution in [0.25, 0.3) is 11.1 Å². The van der Waals surface area contributed by atoms with Crippen LogP contribution in [0.4, 0.5) is 8.78 Å². The zero-order valence-corrected chi connectivity index (χ0v) is 11.8. The van der Waals surface area contributed by atoms with Crippen molar-refractivity contribution in [3.8, 4) is 11.1 Å². The molecule has 2 aromatic rings. The quantitative estimate of drug-likeness (QED) is 0.863. The van der Waals surface area contributed by atoms with Crippen LogP contribution in [0.15, 0.2) is 42.5 Å². The van der Waals surface area contributed by atoms with Crippen molar-refractivity contribution in [2.24, 2.45) is 0 Å².